The van der Waals surface area contributed by atoms with Crippen LogP contribution in [0.15, 0.2) is 54.7 Å². The van der Waals surface area contributed by atoms with E-state index in [9.17, 15) is 45.3 Å². The predicted octanol–water partition coefficient (Wildman–Crippen LogP) is 0.257. The van der Waals surface area contributed by atoms with Crippen LogP contribution in [0.25, 0.3) is 43.6 Å². The van der Waals surface area contributed by atoms with Crippen molar-refractivity contribution in [1.29, 1.82) is 0 Å². The number of imide groups is 1. The summed E-state index contributed by atoms with van der Waals surface area (Å²) in [6, 6.07) is 12.0. The number of aliphatic hydroxyl groups is 5. The predicted molar refractivity (Wildman–Crippen MR) is 170 cm³/mol. The van der Waals surface area contributed by atoms with E-state index in [2.05, 4.69) is 15.4 Å². The summed E-state index contributed by atoms with van der Waals surface area (Å²) in [4.78, 5) is 42.0. The fourth-order valence-electron chi connectivity index (χ4n) is 6.75. The summed E-state index contributed by atoms with van der Waals surface area (Å²) in [6.07, 6.45) is -6.66. The Morgan fingerprint density at radius 3 is 2.33 bits per heavy atom. The quantitative estimate of drug-likeness (QED) is 0.104. The molecule has 2 aliphatic heterocycles. The number of pyridine rings is 1. The molecule has 16 nitrogen and oxygen atoms in total. The highest BCUT2D eigenvalue weighted by molar-refractivity contribution is 6.39. The molecular weight excluding hydrogens is 642 g/mol. The van der Waals surface area contributed by atoms with Crippen LogP contribution in [0.2, 0.25) is 0 Å². The third-order valence-electron chi connectivity index (χ3n) is 9.05. The number of amides is 2. The van der Waals surface area contributed by atoms with Crippen LogP contribution in [0, 0.1) is 0 Å². The van der Waals surface area contributed by atoms with Gasteiger partial charge in [0, 0.05) is 46.4 Å². The van der Waals surface area contributed by atoms with Crippen molar-refractivity contribution in [3.05, 3.63) is 77.1 Å². The fourth-order valence-corrected chi connectivity index (χ4v) is 6.75. The van der Waals surface area contributed by atoms with Gasteiger partial charge in [-0.1, -0.05) is 0 Å². The van der Waals surface area contributed by atoms with E-state index in [0.29, 0.717) is 38.4 Å². The molecule has 49 heavy (non-hydrogen) atoms. The highest BCUT2D eigenvalue weighted by Crippen LogP contribution is 2.45. The number of carbonyl (C=O) groups is 2. The number of aromatic amines is 1. The third-order valence-corrected chi connectivity index (χ3v) is 9.05. The SMILES string of the molecule is O=C1c2c(c3c4ccc(O)cc4n(O[C@@H]4O[C@H](CO)[C@@H](O)[C@H](O)[C@H]4O)c3c3[nH]c4cc(O)ccc4c23)C(=O)N1NCc1ccnc(CO)c1. The second kappa shape index (κ2) is 11.4. The highest BCUT2D eigenvalue weighted by atomic mass is 16.8. The van der Waals surface area contributed by atoms with Crippen molar-refractivity contribution in [1.82, 2.24) is 25.1 Å². The Morgan fingerprint density at radius 2 is 1.59 bits per heavy atom. The number of nitrogens with zero attached hydrogens (tertiary/aromatic N) is 3. The first kappa shape index (κ1) is 31.0. The number of hydrogen-bond acceptors (Lipinski definition) is 13. The molecule has 2 amide bonds. The summed E-state index contributed by atoms with van der Waals surface area (Å²) < 4.78 is 6.83. The summed E-state index contributed by atoms with van der Waals surface area (Å²) in [7, 11) is 0. The number of aromatic hydroxyl groups is 2. The molecule has 0 bridgehead atoms. The van der Waals surface area contributed by atoms with Crippen LogP contribution in [0.1, 0.15) is 32.0 Å². The Balaban J connectivity index is 1.37. The number of rotatable bonds is 7. The standard InChI is InChI=1S/C33H29N5O11/c39-11-14-7-13(5-6-34-14)10-35-37-31(46)24-22-17-3-1-15(41)8-19(17)36-26(22)27-23(25(24)32(37)47)18-4-2-16(42)9-20(18)38(27)49-33-30(45)29(44)28(43)21(12-40)48-33/h1-9,21,28-30,33,35-36,39-45H,10-12H2/t21-,28-,29+,30-,33+/m1/s1. The van der Waals surface area contributed by atoms with Crippen LogP contribution in [0.3, 0.4) is 0 Å². The number of ether oxygens (including phenoxy) is 1. The molecule has 0 spiro atoms. The smallest absolute Gasteiger partial charge is 0.276 e. The number of hydrogen-bond donors (Lipinski definition) is 9. The van der Waals surface area contributed by atoms with Gasteiger partial charge in [0.2, 0.25) is 0 Å². The molecule has 252 valence electrons. The van der Waals surface area contributed by atoms with E-state index < -0.39 is 49.1 Å². The zero-order valence-electron chi connectivity index (χ0n) is 25.3. The number of aliphatic hydroxyl groups excluding tert-OH is 5. The molecule has 0 radical (unpaired) electrons. The van der Waals surface area contributed by atoms with Crippen molar-refractivity contribution in [3.63, 3.8) is 0 Å². The van der Waals surface area contributed by atoms with Gasteiger partial charge in [-0.3, -0.25) is 14.6 Å². The van der Waals surface area contributed by atoms with Gasteiger partial charge < -0.3 is 50.3 Å². The summed E-state index contributed by atoms with van der Waals surface area (Å²) in [5, 5.41) is 74.1. The summed E-state index contributed by atoms with van der Waals surface area (Å²) in [5.41, 5.74) is 5.09. The molecule has 2 aliphatic rings. The molecule has 5 atom stereocenters. The zero-order chi connectivity index (χ0) is 34.3. The van der Waals surface area contributed by atoms with Crippen LogP contribution in [0.5, 0.6) is 11.5 Å². The Bertz CT molecular complexity index is 2330. The van der Waals surface area contributed by atoms with Gasteiger partial charge in [0.05, 0.1) is 46.6 Å². The maximum absolute atomic E-state index is 14.3. The van der Waals surface area contributed by atoms with Crippen LogP contribution >= 0.6 is 0 Å². The van der Waals surface area contributed by atoms with Crippen molar-refractivity contribution in [2.75, 3.05) is 6.61 Å². The topological polar surface area (TPSA) is 243 Å². The number of carbonyl (C=O) groups excluding carboxylic acids is 2. The number of benzene rings is 3. The number of phenols is 2. The van der Waals surface area contributed by atoms with E-state index in [4.69, 9.17) is 9.57 Å². The van der Waals surface area contributed by atoms with Crippen molar-refractivity contribution in [2.45, 2.75) is 43.9 Å². The summed E-state index contributed by atoms with van der Waals surface area (Å²) in [5.74, 6) is -1.61. The van der Waals surface area contributed by atoms with Crippen molar-refractivity contribution in [2.24, 2.45) is 0 Å². The molecule has 0 aliphatic carbocycles. The van der Waals surface area contributed by atoms with E-state index in [-0.39, 0.29) is 52.2 Å². The van der Waals surface area contributed by atoms with Gasteiger partial charge in [-0.15, -0.1) is 0 Å². The van der Waals surface area contributed by atoms with Crippen LogP contribution in [-0.4, -0.2) is 105 Å². The van der Waals surface area contributed by atoms with Gasteiger partial charge in [0.25, 0.3) is 18.1 Å². The lowest BCUT2D eigenvalue weighted by atomic mass is 9.96. The van der Waals surface area contributed by atoms with E-state index >= 15 is 0 Å². The molecule has 5 heterocycles. The minimum absolute atomic E-state index is 0.00610. The molecule has 3 aromatic carbocycles. The Morgan fingerprint density at radius 1 is 0.878 bits per heavy atom. The molecule has 1 saturated heterocycles. The maximum Gasteiger partial charge on any atom is 0.276 e. The molecule has 1 fully saturated rings. The Kier molecular flexibility index (Phi) is 7.20. The molecule has 0 saturated carbocycles. The Labute approximate surface area is 274 Å². The molecule has 3 aromatic heterocycles. The van der Waals surface area contributed by atoms with Gasteiger partial charge in [-0.2, -0.15) is 4.73 Å². The monoisotopic (exact) mass is 671 g/mol. The van der Waals surface area contributed by atoms with Crippen LogP contribution in [-0.2, 0) is 17.9 Å². The van der Waals surface area contributed by atoms with E-state index in [0.717, 1.165) is 5.01 Å². The number of aromatic nitrogens is 3. The largest absolute Gasteiger partial charge is 0.508 e. The van der Waals surface area contributed by atoms with Crippen molar-refractivity contribution >= 4 is 55.4 Å². The maximum atomic E-state index is 14.3. The lowest BCUT2D eigenvalue weighted by molar-refractivity contribution is -0.298. The molecule has 9 N–H and O–H groups in total. The minimum Gasteiger partial charge on any atom is -0.508 e. The summed E-state index contributed by atoms with van der Waals surface area (Å²) in [6.45, 7) is -0.967. The second-order valence-electron chi connectivity index (χ2n) is 12.0. The second-order valence-corrected chi connectivity index (χ2v) is 12.0. The normalized spacial score (nSPS) is 22.6. The van der Waals surface area contributed by atoms with Gasteiger partial charge >= 0.3 is 0 Å². The highest BCUT2D eigenvalue weighted by Gasteiger charge is 2.46. The number of fused-ring (bicyclic) bond motifs is 10. The molecule has 0 unspecified atom stereocenters. The fraction of sp³-hybridized carbons (Fsp3) is 0.242. The van der Waals surface area contributed by atoms with Gasteiger partial charge in [0.15, 0.2) is 0 Å². The molecule has 8 rings (SSSR count). The summed E-state index contributed by atoms with van der Waals surface area (Å²) >= 11 is 0. The lowest BCUT2D eigenvalue weighted by Crippen LogP contribution is -2.61. The first-order valence-corrected chi connectivity index (χ1v) is 15.2. The number of H-pyrrole nitrogens is 1. The minimum atomic E-state index is -1.80. The average molecular weight is 672 g/mol. The van der Waals surface area contributed by atoms with E-state index in [1.165, 1.54) is 41.3 Å². The van der Waals surface area contributed by atoms with Crippen LogP contribution in [0.4, 0.5) is 0 Å². The van der Waals surface area contributed by atoms with E-state index in [1.54, 1.807) is 18.2 Å². The van der Waals surface area contributed by atoms with Gasteiger partial charge in [-0.05, 0) is 42.0 Å². The van der Waals surface area contributed by atoms with Crippen molar-refractivity contribution < 1.29 is 54.9 Å². The van der Waals surface area contributed by atoms with Gasteiger partial charge in [0.1, 0.15) is 41.4 Å². The van der Waals surface area contributed by atoms with Gasteiger partial charge in [-0.25, -0.2) is 10.4 Å². The van der Waals surface area contributed by atoms with E-state index in [1.807, 2.05) is 0 Å². The van der Waals surface area contributed by atoms with Crippen molar-refractivity contribution in [3.8, 4) is 11.5 Å². The number of phenolic OH excluding ortho intramolecular Hbond substituents is 2. The van der Waals surface area contributed by atoms with Crippen LogP contribution < -0.4 is 10.3 Å². The lowest BCUT2D eigenvalue weighted by Gasteiger charge is -2.39. The average Bonchev–Trinajstić information content (AvgIpc) is 3.70. The first-order valence-electron chi connectivity index (χ1n) is 15.2. The first-order chi connectivity index (χ1) is 23.6. The molecule has 6 aromatic rings. The molecule has 16 heteroatoms. The number of hydrazine groups is 1. The third kappa shape index (κ3) is 4.61. The molecular formula is C33H29N5O11. The zero-order valence-corrected chi connectivity index (χ0v) is 25.3. The number of nitrogens with one attached hydrogen (secondary N) is 2. The Hall–Kier alpha value is -5.33.